The number of halogens is 5. The molecule has 0 saturated carbocycles. The Hall–Kier alpha value is -0.350. The third-order valence-corrected chi connectivity index (χ3v) is 3.33. The zero-order valence-corrected chi connectivity index (χ0v) is 13.3. The molecule has 0 fully saturated rings. The molecule has 1 aromatic carbocycles. The van der Waals surface area contributed by atoms with E-state index >= 15 is 0 Å². The van der Waals surface area contributed by atoms with Crippen molar-refractivity contribution in [2.45, 2.75) is 6.18 Å². The van der Waals surface area contributed by atoms with E-state index in [1.54, 1.807) is 12.1 Å². The van der Waals surface area contributed by atoms with Gasteiger partial charge in [0, 0.05) is 14.6 Å². The molecule has 8 heteroatoms. The summed E-state index contributed by atoms with van der Waals surface area (Å²) in [6, 6.07) is 5.24. The predicted octanol–water partition coefficient (Wildman–Crippen LogP) is 3.36. The number of carbonyl (C=O) groups is 1. The van der Waals surface area contributed by atoms with Gasteiger partial charge in [-0.1, -0.05) is 0 Å². The molecule has 0 aliphatic rings. The van der Waals surface area contributed by atoms with Crippen molar-refractivity contribution in [3.63, 3.8) is 0 Å². The zero-order chi connectivity index (χ0) is 14.5. The molecule has 1 aromatic rings. The Morgan fingerprint density at radius 2 is 2.11 bits per heavy atom. The van der Waals surface area contributed by atoms with Gasteiger partial charge < -0.3 is 10.1 Å². The van der Waals surface area contributed by atoms with Crippen LogP contribution in [0.3, 0.4) is 0 Å². The van der Waals surface area contributed by atoms with Crippen molar-refractivity contribution in [3.8, 4) is 0 Å². The summed E-state index contributed by atoms with van der Waals surface area (Å²) in [6.07, 6.45) is -4.34. The second-order valence-corrected chi connectivity index (χ2v) is 5.65. The SMILES string of the molecule is O=C(NCCOCC(F)(F)F)c1cc(I)ccc1Br. The van der Waals surface area contributed by atoms with Gasteiger partial charge in [0.2, 0.25) is 0 Å². The molecule has 1 N–H and O–H groups in total. The van der Waals surface area contributed by atoms with Crippen molar-refractivity contribution in [2.75, 3.05) is 19.8 Å². The lowest BCUT2D eigenvalue weighted by atomic mass is 10.2. The third-order valence-electron chi connectivity index (χ3n) is 1.97. The van der Waals surface area contributed by atoms with Crippen molar-refractivity contribution in [2.24, 2.45) is 0 Å². The van der Waals surface area contributed by atoms with E-state index in [1.165, 1.54) is 0 Å². The van der Waals surface area contributed by atoms with E-state index in [1.807, 2.05) is 6.07 Å². The lowest BCUT2D eigenvalue weighted by Gasteiger charge is -2.09. The fourth-order valence-electron chi connectivity index (χ4n) is 1.19. The minimum absolute atomic E-state index is 0.0207. The summed E-state index contributed by atoms with van der Waals surface area (Å²) in [5.74, 6) is -0.360. The number of amides is 1. The average Bonchev–Trinajstić information content (AvgIpc) is 2.30. The van der Waals surface area contributed by atoms with Crippen LogP contribution in [0.25, 0.3) is 0 Å². The maximum Gasteiger partial charge on any atom is 0.411 e. The molecule has 0 saturated heterocycles. The molecule has 0 bridgehead atoms. The van der Waals surface area contributed by atoms with Crippen molar-refractivity contribution >= 4 is 44.4 Å². The van der Waals surface area contributed by atoms with Crippen LogP contribution in [0.1, 0.15) is 10.4 Å². The van der Waals surface area contributed by atoms with Crippen LogP contribution in [0.5, 0.6) is 0 Å². The first kappa shape index (κ1) is 16.7. The topological polar surface area (TPSA) is 38.3 Å². The fourth-order valence-corrected chi connectivity index (χ4v) is 2.11. The first-order valence-electron chi connectivity index (χ1n) is 5.17. The molecular weight excluding hydrogens is 442 g/mol. The average molecular weight is 452 g/mol. The summed E-state index contributed by atoms with van der Waals surface area (Å²) in [6.45, 7) is -1.48. The molecule has 106 valence electrons. The first-order valence-corrected chi connectivity index (χ1v) is 7.04. The molecule has 1 amide bonds. The van der Waals surface area contributed by atoms with Gasteiger partial charge >= 0.3 is 6.18 Å². The number of hydrogen-bond acceptors (Lipinski definition) is 2. The highest BCUT2D eigenvalue weighted by molar-refractivity contribution is 14.1. The van der Waals surface area contributed by atoms with E-state index in [2.05, 4.69) is 48.6 Å². The first-order chi connectivity index (χ1) is 8.79. The monoisotopic (exact) mass is 451 g/mol. The maximum absolute atomic E-state index is 11.8. The zero-order valence-electron chi connectivity index (χ0n) is 9.56. The predicted molar refractivity (Wildman–Crippen MR) is 76.1 cm³/mol. The largest absolute Gasteiger partial charge is 0.411 e. The van der Waals surface area contributed by atoms with Crippen LogP contribution in [0.2, 0.25) is 0 Å². The summed E-state index contributed by atoms with van der Waals surface area (Å²) in [5.41, 5.74) is 0.433. The second kappa shape index (κ2) is 7.44. The highest BCUT2D eigenvalue weighted by Crippen LogP contribution is 2.19. The normalized spacial score (nSPS) is 11.4. The Kier molecular flexibility index (Phi) is 6.54. The highest BCUT2D eigenvalue weighted by atomic mass is 127. The third kappa shape index (κ3) is 6.57. The standard InChI is InChI=1S/C11H10BrF3INO2/c12-9-2-1-7(16)5-8(9)10(18)17-3-4-19-6-11(13,14)15/h1-2,5H,3-4,6H2,(H,17,18). The molecular formula is C11H10BrF3INO2. The summed E-state index contributed by atoms with van der Waals surface area (Å²) >= 11 is 5.30. The van der Waals surface area contributed by atoms with E-state index in [4.69, 9.17) is 0 Å². The highest BCUT2D eigenvalue weighted by Gasteiger charge is 2.27. The molecule has 1 rings (SSSR count). The molecule has 3 nitrogen and oxygen atoms in total. The van der Waals surface area contributed by atoms with Gasteiger partial charge in [0.15, 0.2) is 0 Å². The Bertz CT molecular complexity index is 454. The number of alkyl halides is 3. The molecule has 19 heavy (non-hydrogen) atoms. The van der Waals surface area contributed by atoms with Gasteiger partial charge in [-0.3, -0.25) is 4.79 Å². The van der Waals surface area contributed by atoms with Crippen LogP contribution >= 0.6 is 38.5 Å². The summed E-state index contributed by atoms with van der Waals surface area (Å²) in [4.78, 5) is 11.8. The molecule has 0 heterocycles. The number of benzene rings is 1. The molecule has 0 unspecified atom stereocenters. The van der Waals surface area contributed by atoms with Gasteiger partial charge in [-0.25, -0.2) is 0 Å². The maximum atomic E-state index is 11.8. The second-order valence-electron chi connectivity index (χ2n) is 3.55. The van der Waals surface area contributed by atoms with Gasteiger partial charge in [-0.05, 0) is 56.7 Å². The van der Waals surface area contributed by atoms with Crippen LogP contribution in [0, 0.1) is 3.57 Å². The van der Waals surface area contributed by atoms with Crippen LogP contribution < -0.4 is 5.32 Å². The number of carbonyl (C=O) groups excluding carboxylic acids is 1. The Balaban J connectivity index is 2.38. The molecule has 0 atom stereocenters. The van der Waals surface area contributed by atoms with Crippen LogP contribution in [-0.4, -0.2) is 31.8 Å². The Labute approximate surface area is 130 Å². The number of rotatable bonds is 5. The van der Waals surface area contributed by atoms with Crippen molar-refractivity contribution in [1.82, 2.24) is 5.32 Å². The lowest BCUT2D eigenvalue weighted by Crippen LogP contribution is -2.29. The van der Waals surface area contributed by atoms with Gasteiger partial charge in [-0.2, -0.15) is 13.2 Å². The fraction of sp³-hybridized carbons (Fsp3) is 0.364. The van der Waals surface area contributed by atoms with Gasteiger partial charge in [0.1, 0.15) is 6.61 Å². The Morgan fingerprint density at radius 3 is 2.74 bits per heavy atom. The quantitative estimate of drug-likeness (QED) is 0.550. The Morgan fingerprint density at radius 1 is 1.42 bits per heavy atom. The van der Waals surface area contributed by atoms with Crippen LogP contribution in [0.4, 0.5) is 13.2 Å². The smallest absolute Gasteiger partial charge is 0.370 e. The number of hydrogen-bond donors (Lipinski definition) is 1. The summed E-state index contributed by atoms with van der Waals surface area (Å²) in [5, 5.41) is 2.49. The lowest BCUT2D eigenvalue weighted by molar-refractivity contribution is -0.173. The van der Waals surface area contributed by atoms with E-state index in [-0.39, 0.29) is 19.1 Å². The summed E-state index contributed by atoms with van der Waals surface area (Å²) in [7, 11) is 0. The molecule has 0 aliphatic heterocycles. The van der Waals surface area contributed by atoms with Gasteiger partial charge in [0.25, 0.3) is 5.91 Å². The van der Waals surface area contributed by atoms with Gasteiger partial charge in [0.05, 0.1) is 12.2 Å². The van der Waals surface area contributed by atoms with Crippen molar-refractivity contribution < 1.29 is 22.7 Å². The van der Waals surface area contributed by atoms with E-state index in [0.29, 0.717) is 10.0 Å². The summed E-state index contributed by atoms with van der Waals surface area (Å²) < 4.78 is 41.3. The van der Waals surface area contributed by atoms with Crippen molar-refractivity contribution in [1.29, 1.82) is 0 Å². The number of nitrogens with one attached hydrogen (secondary N) is 1. The van der Waals surface area contributed by atoms with Crippen LogP contribution in [-0.2, 0) is 4.74 Å². The van der Waals surface area contributed by atoms with Crippen LogP contribution in [0.15, 0.2) is 22.7 Å². The van der Waals surface area contributed by atoms with E-state index < -0.39 is 12.8 Å². The van der Waals surface area contributed by atoms with E-state index in [9.17, 15) is 18.0 Å². The molecule has 0 radical (unpaired) electrons. The van der Waals surface area contributed by atoms with E-state index in [0.717, 1.165) is 3.57 Å². The van der Waals surface area contributed by atoms with Gasteiger partial charge in [-0.15, -0.1) is 0 Å². The molecule has 0 aliphatic carbocycles. The molecule has 0 aromatic heterocycles. The molecule has 0 spiro atoms. The van der Waals surface area contributed by atoms with Crippen molar-refractivity contribution in [3.05, 3.63) is 31.8 Å². The number of ether oxygens (including phenoxy) is 1. The minimum Gasteiger partial charge on any atom is -0.370 e. The minimum atomic E-state index is -4.34.